The molecular formula is C26H28FNO3. The third kappa shape index (κ3) is 4.61. The monoisotopic (exact) mass is 421 g/mol. The van der Waals surface area contributed by atoms with Crippen LogP contribution in [0, 0.1) is 18.7 Å². The molecule has 2 aromatic rings. The number of rotatable bonds is 7. The predicted octanol–water partition coefficient (Wildman–Crippen LogP) is 5.49. The van der Waals surface area contributed by atoms with Crippen LogP contribution in [0.15, 0.2) is 66.8 Å². The van der Waals surface area contributed by atoms with E-state index in [1.807, 2.05) is 62.4 Å². The molecule has 0 saturated carbocycles. The van der Waals surface area contributed by atoms with Gasteiger partial charge in [-0.2, -0.15) is 0 Å². The van der Waals surface area contributed by atoms with E-state index < -0.39 is 17.3 Å². The van der Waals surface area contributed by atoms with Crippen LogP contribution in [0.3, 0.4) is 0 Å². The second-order valence-electron chi connectivity index (χ2n) is 8.19. The van der Waals surface area contributed by atoms with Crippen LogP contribution in [0.25, 0.3) is 5.57 Å². The quantitative estimate of drug-likeness (QED) is 0.643. The number of carboxylic acid groups (broad SMARTS) is 1. The molecular weight excluding hydrogens is 393 g/mol. The summed E-state index contributed by atoms with van der Waals surface area (Å²) in [6.45, 7) is 5.95. The Bertz CT molecular complexity index is 1030. The molecule has 3 rings (SSSR count). The Balaban J connectivity index is 2.08. The number of aryl methyl sites for hydroxylation is 1. The van der Waals surface area contributed by atoms with Crippen LogP contribution in [-0.4, -0.2) is 34.0 Å². The molecule has 5 heteroatoms. The molecule has 1 N–H and O–H groups in total. The molecule has 0 radical (unpaired) electrons. The summed E-state index contributed by atoms with van der Waals surface area (Å²) in [5.41, 5.74) is 1.96. The zero-order chi connectivity index (χ0) is 22.6. The maximum atomic E-state index is 14.2. The van der Waals surface area contributed by atoms with Crippen molar-refractivity contribution in [1.82, 2.24) is 4.90 Å². The molecule has 4 nitrogen and oxygen atoms in total. The molecule has 1 aliphatic rings. The lowest BCUT2D eigenvalue weighted by Gasteiger charge is -2.48. The number of benzene rings is 2. The summed E-state index contributed by atoms with van der Waals surface area (Å²) in [6, 6.07) is 14.3. The van der Waals surface area contributed by atoms with Crippen LogP contribution in [0.4, 0.5) is 4.39 Å². The topological polar surface area (TPSA) is 57.6 Å². The fraction of sp³-hybridized carbons (Fsp3) is 0.308. The first-order valence-corrected chi connectivity index (χ1v) is 10.5. The number of halogens is 1. The van der Waals surface area contributed by atoms with Crippen molar-refractivity contribution < 1.29 is 19.1 Å². The van der Waals surface area contributed by atoms with Crippen molar-refractivity contribution in [3.05, 3.63) is 89.3 Å². The molecule has 162 valence electrons. The number of amides is 1. The van der Waals surface area contributed by atoms with Crippen LogP contribution < -0.4 is 0 Å². The average molecular weight is 422 g/mol. The smallest absolute Gasteiger partial charge is 0.303 e. The molecule has 2 aromatic carbocycles. The number of carbonyl (C=O) groups excluding carboxylic acids is 1. The Kier molecular flexibility index (Phi) is 6.74. The largest absolute Gasteiger partial charge is 0.481 e. The predicted molar refractivity (Wildman–Crippen MR) is 120 cm³/mol. The first-order valence-electron chi connectivity index (χ1n) is 10.5. The summed E-state index contributed by atoms with van der Waals surface area (Å²) in [5.74, 6) is -1.68. The minimum absolute atomic E-state index is 0.0308. The van der Waals surface area contributed by atoms with Crippen molar-refractivity contribution in [3.63, 3.8) is 0 Å². The summed E-state index contributed by atoms with van der Waals surface area (Å²) in [5, 5.41) is 9.13. The average Bonchev–Trinajstić information content (AvgIpc) is 2.75. The Labute approximate surface area is 182 Å². The van der Waals surface area contributed by atoms with Crippen LogP contribution in [0.5, 0.6) is 0 Å². The highest BCUT2D eigenvalue weighted by molar-refractivity contribution is 5.97. The third-order valence-corrected chi connectivity index (χ3v) is 6.18. The van der Waals surface area contributed by atoms with E-state index in [9.17, 15) is 14.0 Å². The number of hydrogen-bond donors (Lipinski definition) is 1. The normalized spacial score (nSPS) is 20.3. The SMILES string of the molecule is Cc1ccc(C(=O)N(CCCC(=O)O)C2(C)C(c3ccccc3)=CC=CC2C)cc1F. The first-order chi connectivity index (χ1) is 14.7. The van der Waals surface area contributed by atoms with Gasteiger partial charge in [-0.3, -0.25) is 9.59 Å². The minimum Gasteiger partial charge on any atom is -0.481 e. The van der Waals surface area contributed by atoms with Crippen molar-refractivity contribution in [2.45, 2.75) is 39.2 Å². The molecule has 0 saturated heterocycles. The van der Waals surface area contributed by atoms with Crippen molar-refractivity contribution in [2.24, 2.45) is 5.92 Å². The van der Waals surface area contributed by atoms with Gasteiger partial charge in [-0.1, -0.05) is 61.5 Å². The molecule has 0 spiro atoms. The maximum Gasteiger partial charge on any atom is 0.303 e. The zero-order valence-corrected chi connectivity index (χ0v) is 18.1. The van der Waals surface area contributed by atoms with Gasteiger partial charge in [0.25, 0.3) is 5.91 Å². The Morgan fingerprint density at radius 2 is 1.87 bits per heavy atom. The van der Waals surface area contributed by atoms with Gasteiger partial charge in [-0.25, -0.2) is 4.39 Å². The first kappa shape index (κ1) is 22.5. The summed E-state index contributed by atoms with van der Waals surface area (Å²) in [6.07, 6.45) is 6.29. The molecule has 1 aliphatic carbocycles. The molecule has 31 heavy (non-hydrogen) atoms. The standard InChI is InChI=1S/C26H28FNO3/c1-18-14-15-21(17-23(18)27)25(31)28(16-8-13-24(29)30)26(3)19(2)9-7-12-22(26)20-10-5-4-6-11-20/h4-7,9-12,14-15,17,19H,8,13,16H2,1-3H3,(H,29,30). The molecule has 2 atom stereocenters. The van der Waals surface area contributed by atoms with Gasteiger partial charge in [-0.15, -0.1) is 0 Å². The number of allylic oxidation sites excluding steroid dienone is 2. The lowest BCUT2D eigenvalue weighted by Crippen LogP contribution is -2.55. The molecule has 0 aliphatic heterocycles. The van der Waals surface area contributed by atoms with Crippen molar-refractivity contribution in [3.8, 4) is 0 Å². The van der Waals surface area contributed by atoms with E-state index in [0.717, 1.165) is 11.1 Å². The van der Waals surface area contributed by atoms with Gasteiger partial charge < -0.3 is 10.0 Å². The van der Waals surface area contributed by atoms with E-state index in [4.69, 9.17) is 5.11 Å². The fourth-order valence-electron chi connectivity index (χ4n) is 4.13. The van der Waals surface area contributed by atoms with Crippen LogP contribution >= 0.6 is 0 Å². The van der Waals surface area contributed by atoms with E-state index >= 15 is 0 Å². The van der Waals surface area contributed by atoms with Crippen molar-refractivity contribution in [2.75, 3.05) is 6.54 Å². The highest BCUT2D eigenvalue weighted by Crippen LogP contribution is 2.42. The number of nitrogens with zero attached hydrogens (tertiary/aromatic N) is 1. The number of aliphatic carboxylic acids is 1. The molecule has 0 bridgehead atoms. The molecule has 0 heterocycles. The van der Waals surface area contributed by atoms with Gasteiger partial charge in [0.15, 0.2) is 0 Å². The van der Waals surface area contributed by atoms with E-state index in [0.29, 0.717) is 12.0 Å². The van der Waals surface area contributed by atoms with E-state index in [1.54, 1.807) is 24.0 Å². The molecule has 0 aromatic heterocycles. The Morgan fingerprint density at radius 3 is 2.52 bits per heavy atom. The molecule has 1 amide bonds. The van der Waals surface area contributed by atoms with E-state index in [2.05, 4.69) is 0 Å². The second kappa shape index (κ2) is 9.29. The van der Waals surface area contributed by atoms with Crippen molar-refractivity contribution >= 4 is 17.4 Å². The summed E-state index contributed by atoms with van der Waals surface area (Å²) >= 11 is 0. The van der Waals surface area contributed by atoms with Crippen molar-refractivity contribution in [1.29, 1.82) is 0 Å². The zero-order valence-electron chi connectivity index (χ0n) is 18.1. The third-order valence-electron chi connectivity index (χ3n) is 6.18. The highest BCUT2D eigenvalue weighted by atomic mass is 19.1. The number of carboxylic acids is 1. The van der Waals surface area contributed by atoms with Gasteiger partial charge in [0.05, 0.1) is 5.54 Å². The fourth-order valence-corrected chi connectivity index (χ4v) is 4.13. The molecule has 0 fully saturated rings. The van der Waals surface area contributed by atoms with E-state index in [-0.39, 0.29) is 30.4 Å². The van der Waals surface area contributed by atoms with Gasteiger partial charge in [0.1, 0.15) is 5.82 Å². The van der Waals surface area contributed by atoms with Crippen LogP contribution in [0.1, 0.15) is 48.2 Å². The summed E-state index contributed by atoms with van der Waals surface area (Å²) in [4.78, 5) is 26.5. The Hall–Kier alpha value is -3.21. The van der Waals surface area contributed by atoms with Gasteiger partial charge in [0.2, 0.25) is 0 Å². The van der Waals surface area contributed by atoms with Gasteiger partial charge in [-0.05, 0) is 49.1 Å². The van der Waals surface area contributed by atoms with Gasteiger partial charge in [0, 0.05) is 24.4 Å². The van der Waals surface area contributed by atoms with Gasteiger partial charge >= 0.3 is 5.97 Å². The number of carbonyl (C=O) groups is 2. The summed E-state index contributed by atoms with van der Waals surface area (Å²) in [7, 11) is 0. The maximum absolute atomic E-state index is 14.2. The second-order valence-corrected chi connectivity index (χ2v) is 8.19. The Morgan fingerprint density at radius 1 is 1.16 bits per heavy atom. The highest BCUT2D eigenvalue weighted by Gasteiger charge is 2.43. The van der Waals surface area contributed by atoms with E-state index in [1.165, 1.54) is 6.07 Å². The minimum atomic E-state index is -0.908. The lowest BCUT2D eigenvalue weighted by atomic mass is 9.72. The van der Waals surface area contributed by atoms with Crippen LogP contribution in [0.2, 0.25) is 0 Å². The number of hydrogen-bond acceptors (Lipinski definition) is 2. The molecule has 2 unspecified atom stereocenters. The van der Waals surface area contributed by atoms with Crippen LogP contribution in [-0.2, 0) is 4.79 Å². The summed E-state index contributed by atoms with van der Waals surface area (Å²) < 4.78 is 14.2. The lowest BCUT2D eigenvalue weighted by molar-refractivity contribution is -0.137.